The van der Waals surface area contributed by atoms with Gasteiger partial charge in [-0.15, -0.1) is 0 Å². The first-order chi connectivity index (χ1) is 9.58. The molecule has 2 aromatic rings. The Kier molecular flexibility index (Phi) is 5.16. The molecule has 0 heterocycles. The van der Waals surface area contributed by atoms with E-state index in [1.807, 2.05) is 25.1 Å². The lowest BCUT2D eigenvalue weighted by Crippen LogP contribution is -2.14. The molecule has 3 heteroatoms. The van der Waals surface area contributed by atoms with Crippen molar-refractivity contribution in [3.05, 3.63) is 70.0 Å². The summed E-state index contributed by atoms with van der Waals surface area (Å²) in [5, 5.41) is 9.91. The van der Waals surface area contributed by atoms with E-state index in [-0.39, 0.29) is 18.3 Å². The van der Waals surface area contributed by atoms with Crippen molar-refractivity contribution in [2.45, 2.75) is 19.8 Å². The smallest absolute Gasteiger partial charge is 0.127 e. The molecule has 1 nitrogen and oxygen atoms in total. The van der Waals surface area contributed by atoms with Gasteiger partial charge in [-0.3, -0.25) is 0 Å². The zero-order valence-corrected chi connectivity index (χ0v) is 12.2. The second-order valence-corrected chi connectivity index (χ2v) is 5.62. The molecule has 0 amide bonds. The fraction of sp³-hybridized carbons (Fsp3) is 0.294. The Balaban J connectivity index is 2.09. The second kappa shape index (κ2) is 6.87. The summed E-state index contributed by atoms with van der Waals surface area (Å²) in [7, 11) is 0. The van der Waals surface area contributed by atoms with Gasteiger partial charge in [-0.2, -0.15) is 0 Å². The molecule has 0 radical (unpaired) electrons. The van der Waals surface area contributed by atoms with Crippen molar-refractivity contribution in [3.8, 4) is 0 Å². The highest BCUT2D eigenvalue weighted by Crippen LogP contribution is 2.20. The molecule has 0 fully saturated rings. The average Bonchev–Trinajstić information content (AvgIpc) is 2.41. The number of hydrogen-bond acceptors (Lipinski definition) is 1. The van der Waals surface area contributed by atoms with Gasteiger partial charge in [0.15, 0.2) is 0 Å². The Morgan fingerprint density at radius 3 is 2.60 bits per heavy atom. The summed E-state index contributed by atoms with van der Waals surface area (Å²) < 4.78 is 13.8. The van der Waals surface area contributed by atoms with Crippen molar-refractivity contribution in [1.82, 2.24) is 0 Å². The molecule has 0 saturated heterocycles. The quantitative estimate of drug-likeness (QED) is 0.876. The average molecular weight is 293 g/mol. The molecule has 1 N–H and O–H groups in total. The van der Waals surface area contributed by atoms with Crippen LogP contribution < -0.4 is 0 Å². The fourth-order valence-electron chi connectivity index (χ4n) is 2.37. The molecule has 106 valence electrons. The van der Waals surface area contributed by atoms with Gasteiger partial charge in [-0.1, -0.05) is 47.5 Å². The minimum atomic E-state index is -0.305. The third-order valence-electron chi connectivity index (χ3n) is 3.39. The number of benzene rings is 2. The standard InChI is InChI=1S/C17H18ClFO/c1-12-3-2-4-13(7-12)8-14(11-20)9-15-5-6-16(18)10-17(15)19/h2-7,10,14,20H,8-9,11H2,1H3. The Bertz CT molecular complexity index is 583. The van der Waals surface area contributed by atoms with Crippen LogP contribution in [-0.2, 0) is 12.8 Å². The Hall–Kier alpha value is -1.38. The van der Waals surface area contributed by atoms with E-state index in [2.05, 4.69) is 6.07 Å². The molecule has 20 heavy (non-hydrogen) atoms. The van der Waals surface area contributed by atoms with E-state index in [0.717, 1.165) is 6.42 Å². The first-order valence-electron chi connectivity index (χ1n) is 6.69. The molecular formula is C17H18ClFO. The molecule has 0 saturated carbocycles. The number of rotatable bonds is 5. The Labute approximate surface area is 124 Å². The summed E-state index contributed by atoms with van der Waals surface area (Å²) in [6, 6.07) is 12.9. The van der Waals surface area contributed by atoms with E-state index in [1.54, 1.807) is 12.1 Å². The minimum absolute atomic E-state index is 0.00692. The zero-order valence-electron chi connectivity index (χ0n) is 11.4. The third kappa shape index (κ3) is 4.06. The van der Waals surface area contributed by atoms with Gasteiger partial charge in [0.1, 0.15) is 5.82 Å². The highest BCUT2D eigenvalue weighted by molar-refractivity contribution is 6.30. The van der Waals surface area contributed by atoms with Crippen LogP contribution in [0.15, 0.2) is 42.5 Å². The molecule has 2 aromatic carbocycles. The van der Waals surface area contributed by atoms with Gasteiger partial charge < -0.3 is 5.11 Å². The van der Waals surface area contributed by atoms with Crippen LogP contribution in [0.1, 0.15) is 16.7 Å². The predicted molar refractivity (Wildman–Crippen MR) is 80.6 cm³/mol. The molecule has 1 unspecified atom stereocenters. The van der Waals surface area contributed by atoms with Crippen LogP contribution in [0.2, 0.25) is 5.02 Å². The lowest BCUT2D eigenvalue weighted by atomic mass is 9.92. The fourth-order valence-corrected chi connectivity index (χ4v) is 2.53. The summed E-state index contributed by atoms with van der Waals surface area (Å²) in [5.41, 5.74) is 2.95. The molecule has 0 aromatic heterocycles. The molecule has 0 aliphatic rings. The summed E-state index contributed by atoms with van der Waals surface area (Å²) in [6.45, 7) is 2.08. The van der Waals surface area contributed by atoms with Crippen molar-refractivity contribution in [1.29, 1.82) is 0 Å². The van der Waals surface area contributed by atoms with E-state index in [9.17, 15) is 9.50 Å². The molecule has 0 aliphatic carbocycles. The summed E-state index contributed by atoms with van der Waals surface area (Å²) in [4.78, 5) is 0. The molecule has 0 bridgehead atoms. The lowest BCUT2D eigenvalue weighted by Gasteiger charge is -2.15. The number of halogens is 2. The van der Waals surface area contributed by atoms with Crippen LogP contribution >= 0.6 is 11.6 Å². The van der Waals surface area contributed by atoms with Gasteiger partial charge in [-0.05, 0) is 48.9 Å². The Morgan fingerprint density at radius 2 is 1.95 bits per heavy atom. The van der Waals surface area contributed by atoms with Crippen LogP contribution in [0.4, 0.5) is 4.39 Å². The summed E-state index contributed by atoms with van der Waals surface area (Å²) >= 11 is 5.75. The minimum Gasteiger partial charge on any atom is -0.396 e. The van der Waals surface area contributed by atoms with Gasteiger partial charge in [-0.25, -0.2) is 4.39 Å². The Morgan fingerprint density at radius 1 is 1.15 bits per heavy atom. The monoisotopic (exact) mass is 292 g/mol. The number of hydrogen-bond donors (Lipinski definition) is 1. The number of aliphatic hydroxyl groups is 1. The van der Waals surface area contributed by atoms with Gasteiger partial charge in [0.2, 0.25) is 0 Å². The van der Waals surface area contributed by atoms with Crippen LogP contribution in [0.5, 0.6) is 0 Å². The van der Waals surface area contributed by atoms with Crippen LogP contribution in [0.3, 0.4) is 0 Å². The van der Waals surface area contributed by atoms with E-state index in [0.29, 0.717) is 17.0 Å². The lowest BCUT2D eigenvalue weighted by molar-refractivity contribution is 0.224. The SMILES string of the molecule is Cc1cccc(CC(CO)Cc2ccc(Cl)cc2F)c1. The number of aliphatic hydroxyl groups excluding tert-OH is 1. The van der Waals surface area contributed by atoms with Crippen molar-refractivity contribution in [3.63, 3.8) is 0 Å². The maximum absolute atomic E-state index is 13.8. The highest BCUT2D eigenvalue weighted by Gasteiger charge is 2.13. The van der Waals surface area contributed by atoms with Crippen molar-refractivity contribution in [2.75, 3.05) is 6.61 Å². The van der Waals surface area contributed by atoms with E-state index in [4.69, 9.17) is 11.6 Å². The topological polar surface area (TPSA) is 20.2 Å². The first-order valence-corrected chi connectivity index (χ1v) is 7.06. The molecule has 2 rings (SSSR count). The van der Waals surface area contributed by atoms with E-state index >= 15 is 0 Å². The third-order valence-corrected chi connectivity index (χ3v) is 3.62. The highest BCUT2D eigenvalue weighted by atomic mass is 35.5. The summed E-state index contributed by atoms with van der Waals surface area (Å²) in [5.74, 6) is -0.298. The van der Waals surface area contributed by atoms with Gasteiger partial charge in [0.05, 0.1) is 0 Å². The number of aryl methyl sites for hydroxylation is 1. The second-order valence-electron chi connectivity index (χ2n) is 5.18. The normalized spacial score (nSPS) is 12.4. The predicted octanol–water partition coefficient (Wildman–Crippen LogP) is 4.18. The summed E-state index contributed by atoms with van der Waals surface area (Å²) in [6.07, 6.45) is 1.24. The first kappa shape index (κ1) is 15.0. The van der Waals surface area contributed by atoms with E-state index < -0.39 is 0 Å². The van der Waals surface area contributed by atoms with E-state index in [1.165, 1.54) is 17.2 Å². The van der Waals surface area contributed by atoms with Gasteiger partial charge >= 0.3 is 0 Å². The van der Waals surface area contributed by atoms with Crippen molar-refractivity contribution < 1.29 is 9.50 Å². The van der Waals surface area contributed by atoms with Crippen molar-refractivity contribution >= 4 is 11.6 Å². The maximum atomic E-state index is 13.8. The van der Waals surface area contributed by atoms with Crippen LogP contribution in [0, 0.1) is 18.7 Å². The zero-order chi connectivity index (χ0) is 14.5. The van der Waals surface area contributed by atoms with Gasteiger partial charge in [0.25, 0.3) is 0 Å². The molecule has 0 aliphatic heterocycles. The van der Waals surface area contributed by atoms with Gasteiger partial charge in [0, 0.05) is 11.6 Å². The molecule has 1 atom stereocenters. The van der Waals surface area contributed by atoms with Crippen LogP contribution in [-0.4, -0.2) is 11.7 Å². The molecular weight excluding hydrogens is 275 g/mol. The molecule has 0 spiro atoms. The van der Waals surface area contributed by atoms with Crippen molar-refractivity contribution in [2.24, 2.45) is 5.92 Å². The van der Waals surface area contributed by atoms with Crippen LogP contribution in [0.25, 0.3) is 0 Å². The maximum Gasteiger partial charge on any atom is 0.127 e. The largest absolute Gasteiger partial charge is 0.396 e.